The third-order valence-electron chi connectivity index (χ3n) is 3.25. The maximum absolute atomic E-state index is 10.8. The van der Waals surface area contributed by atoms with Crippen LogP contribution in [0.3, 0.4) is 0 Å². The second-order valence-corrected chi connectivity index (χ2v) is 5.74. The molecule has 3 nitrogen and oxygen atoms in total. The van der Waals surface area contributed by atoms with Crippen LogP contribution in [0.25, 0.3) is 0 Å². The zero-order chi connectivity index (χ0) is 11.6. The van der Waals surface area contributed by atoms with Gasteiger partial charge in [-0.15, -0.1) is 0 Å². The van der Waals surface area contributed by atoms with Gasteiger partial charge in [0, 0.05) is 0 Å². The molecule has 0 aromatic heterocycles. The fraction of sp³-hybridized carbons (Fsp3) is 0.500. The van der Waals surface area contributed by atoms with Crippen molar-refractivity contribution in [3.05, 3.63) is 29.8 Å². The van der Waals surface area contributed by atoms with Crippen molar-refractivity contribution in [2.45, 2.75) is 42.9 Å². The molecule has 0 amide bonds. The van der Waals surface area contributed by atoms with Crippen LogP contribution in [0.1, 0.15) is 43.6 Å². The molecule has 0 N–H and O–H groups in total. The standard InChI is InChI=1S/C12H16O3S.Li/c13-16(14,15)12-8-6-11(7-9-12)10-4-2-1-3-5-10;/h6-10H,1-5H2,(H,13,14,15);/q;+1/p-1. The smallest absolute Gasteiger partial charge is 0.744 e. The minimum atomic E-state index is -4.30. The minimum Gasteiger partial charge on any atom is -0.744 e. The van der Waals surface area contributed by atoms with Crippen molar-refractivity contribution in [2.24, 2.45) is 0 Å². The first kappa shape index (κ1) is 14.8. The average molecular weight is 246 g/mol. The van der Waals surface area contributed by atoms with Crippen LogP contribution in [-0.4, -0.2) is 13.0 Å². The third kappa shape index (κ3) is 3.85. The summed E-state index contributed by atoms with van der Waals surface area (Å²) in [6.45, 7) is 0. The van der Waals surface area contributed by atoms with Crippen molar-refractivity contribution in [2.75, 3.05) is 0 Å². The summed E-state index contributed by atoms with van der Waals surface area (Å²) in [5.74, 6) is 0.539. The molecule has 17 heavy (non-hydrogen) atoms. The molecular formula is C12H15LiO3S. The summed E-state index contributed by atoms with van der Waals surface area (Å²) in [6, 6.07) is 6.40. The second-order valence-electron chi connectivity index (χ2n) is 4.36. The predicted octanol–water partition coefficient (Wildman–Crippen LogP) is -0.358. The molecule has 1 aromatic rings. The number of hydrogen-bond donors (Lipinski definition) is 0. The van der Waals surface area contributed by atoms with E-state index in [1.54, 1.807) is 12.1 Å². The fourth-order valence-electron chi connectivity index (χ4n) is 2.34. The molecule has 2 rings (SSSR count). The van der Waals surface area contributed by atoms with Gasteiger partial charge in [-0.2, -0.15) is 0 Å². The topological polar surface area (TPSA) is 57.2 Å². The van der Waals surface area contributed by atoms with Crippen LogP contribution in [0.2, 0.25) is 0 Å². The Balaban J connectivity index is 0.00000144. The van der Waals surface area contributed by atoms with Gasteiger partial charge in [0.2, 0.25) is 0 Å². The minimum absolute atomic E-state index is 0. The first-order chi connectivity index (χ1) is 7.57. The van der Waals surface area contributed by atoms with Crippen molar-refractivity contribution < 1.29 is 31.8 Å². The van der Waals surface area contributed by atoms with E-state index in [4.69, 9.17) is 0 Å². The molecule has 88 valence electrons. The van der Waals surface area contributed by atoms with Gasteiger partial charge < -0.3 is 4.55 Å². The van der Waals surface area contributed by atoms with E-state index in [1.807, 2.05) is 0 Å². The van der Waals surface area contributed by atoms with E-state index in [2.05, 4.69) is 0 Å². The molecule has 0 bridgehead atoms. The Morgan fingerprint density at radius 2 is 1.53 bits per heavy atom. The van der Waals surface area contributed by atoms with Gasteiger partial charge in [0.15, 0.2) is 0 Å². The van der Waals surface area contributed by atoms with Crippen molar-refractivity contribution in [1.29, 1.82) is 0 Å². The molecule has 0 atom stereocenters. The van der Waals surface area contributed by atoms with Gasteiger partial charge in [0.25, 0.3) is 0 Å². The molecule has 1 aromatic carbocycles. The molecular weight excluding hydrogens is 231 g/mol. The zero-order valence-electron chi connectivity index (χ0n) is 10.1. The summed E-state index contributed by atoms with van der Waals surface area (Å²) < 4.78 is 32.3. The Morgan fingerprint density at radius 3 is 2.00 bits per heavy atom. The molecule has 0 unspecified atom stereocenters. The van der Waals surface area contributed by atoms with Crippen LogP contribution in [0.4, 0.5) is 0 Å². The van der Waals surface area contributed by atoms with Gasteiger partial charge in [-0.3, -0.25) is 0 Å². The molecule has 1 saturated carbocycles. The van der Waals surface area contributed by atoms with E-state index in [0.29, 0.717) is 5.92 Å². The quantitative estimate of drug-likeness (QED) is 0.529. The molecule has 1 fully saturated rings. The first-order valence-electron chi connectivity index (χ1n) is 5.63. The van der Waals surface area contributed by atoms with E-state index in [0.717, 1.165) is 5.56 Å². The van der Waals surface area contributed by atoms with Gasteiger partial charge in [-0.25, -0.2) is 8.42 Å². The maximum Gasteiger partial charge on any atom is 1.00 e. The summed E-state index contributed by atoms with van der Waals surface area (Å²) in [6.07, 6.45) is 6.12. The van der Waals surface area contributed by atoms with Crippen LogP contribution in [0, 0.1) is 0 Å². The summed E-state index contributed by atoms with van der Waals surface area (Å²) >= 11 is 0. The van der Waals surface area contributed by atoms with Crippen LogP contribution in [0.15, 0.2) is 29.2 Å². The van der Waals surface area contributed by atoms with Gasteiger partial charge in [-0.1, -0.05) is 31.4 Å². The van der Waals surface area contributed by atoms with E-state index >= 15 is 0 Å². The van der Waals surface area contributed by atoms with Crippen molar-refractivity contribution >= 4 is 10.1 Å². The van der Waals surface area contributed by atoms with Crippen LogP contribution in [-0.2, 0) is 10.1 Å². The second kappa shape index (κ2) is 6.06. The van der Waals surface area contributed by atoms with E-state index in [1.165, 1.54) is 44.2 Å². The first-order valence-corrected chi connectivity index (χ1v) is 7.04. The normalized spacial score (nSPS) is 17.5. The van der Waals surface area contributed by atoms with Crippen LogP contribution < -0.4 is 18.9 Å². The average Bonchev–Trinajstić information content (AvgIpc) is 2.29. The largest absolute Gasteiger partial charge is 1.00 e. The van der Waals surface area contributed by atoms with Crippen molar-refractivity contribution in [3.8, 4) is 0 Å². The monoisotopic (exact) mass is 246 g/mol. The van der Waals surface area contributed by atoms with Crippen LogP contribution >= 0.6 is 0 Å². The summed E-state index contributed by atoms with van der Waals surface area (Å²) in [7, 11) is -4.30. The zero-order valence-corrected chi connectivity index (χ0v) is 10.9. The van der Waals surface area contributed by atoms with Crippen molar-refractivity contribution in [3.63, 3.8) is 0 Å². The number of rotatable bonds is 2. The van der Waals surface area contributed by atoms with E-state index in [-0.39, 0.29) is 23.8 Å². The number of benzene rings is 1. The number of hydrogen-bond acceptors (Lipinski definition) is 3. The Kier molecular flexibility index (Phi) is 5.27. The molecule has 0 saturated heterocycles. The molecule has 0 spiro atoms. The maximum atomic E-state index is 10.8. The molecule has 1 aliphatic carbocycles. The summed E-state index contributed by atoms with van der Waals surface area (Å²) in [4.78, 5) is -0.132. The Labute approximate surface area is 115 Å². The summed E-state index contributed by atoms with van der Waals surface area (Å²) in [5.41, 5.74) is 1.16. The Hall–Kier alpha value is -0.273. The van der Waals surface area contributed by atoms with Crippen molar-refractivity contribution in [1.82, 2.24) is 0 Å². The Morgan fingerprint density at radius 1 is 1.00 bits per heavy atom. The molecule has 1 aliphatic rings. The molecule has 0 radical (unpaired) electrons. The molecule has 0 aliphatic heterocycles. The predicted molar refractivity (Wildman–Crippen MR) is 60.2 cm³/mol. The SMILES string of the molecule is O=S(=O)([O-])c1ccc(C2CCCCC2)cc1.[Li+]. The molecule has 0 heterocycles. The molecule has 5 heteroatoms. The fourth-order valence-corrected chi connectivity index (χ4v) is 2.81. The van der Waals surface area contributed by atoms with Gasteiger partial charge in [0.05, 0.1) is 4.90 Å². The van der Waals surface area contributed by atoms with E-state index < -0.39 is 10.1 Å². The van der Waals surface area contributed by atoms with Crippen LogP contribution in [0.5, 0.6) is 0 Å². The van der Waals surface area contributed by atoms with Gasteiger partial charge >= 0.3 is 18.9 Å². The van der Waals surface area contributed by atoms with Gasteiger partial charge in [0.1, 0.15) is 10.1 Å². The Bertz CT molecular complexity index is 447. The van der Waals surface area contributed by atoms with E-state index in [9.17, 15) is 13.0 Å². The third-order valence-corrected chi connectivity index (χ3v) is 4.09. The van der Waals surface area contributed by atoms with Gasteiger partial charge in [-0.05, 0) is 36.5 Å². The summed E-state index contributed by atoms with van der Waals surface area (Å²) in [5, 5.41) is 0.